The smallest absolute Gasteiger partial charge is 0.122 e. The van der Waals surface area contributed by atoms with E-state index in [1.165, 1.54) is 4.88 Å². The molecule has 0 aliphatic heterocycles. The Morgan fingerprint density at radius 2 is 2.44 bits per heavy atom. The van der Waals surface area contributed by atoms with E-state index in [0.717, 1.165) is 31.9 Å². The molecule has 2 aromatic heterocycles. The summed E-state index contributed by atoms with van der Waals surface area (Å²) in [5.74, 6) is 1.12. The second-order valence-corrected chi connectivity index (χ2v) is 4.68. The van der Waals surface area contributed by atoms with Gasteiger partial charge < -0.3 is 9.88 Å². The third kappa shape index (κ3) is 2.93. The summed E-state index contributed by atoms with van der Waals surface area (Å²) in [6.45, 7) is 4.96. The summed E-state index contributed by atoms with van der Waals surface area (Å²) < 4.78 is 2.22. The van der Waals surface area contributed by atoms with Crippen molar-refractivity contribution < 1.29 is 0 Å². The molecular weight excluding hydrogens is 218 g/mol. The molecule has 2 aromatic rings. The molecule has 0 aromatic carbocycles. The van der Waals surface area contributed by atoms with E-state index < -0.39 is 0 Å². The van der Waals surface area contributed by atoms with E-state index in [1.54, 1.807) is 0 Å². The number of hydrogen-bond acceptors (Lipinski definition) is 3. The first kappa shape index (κ1) is 11.4. The molecule has 0 unspecified atom stereocenters. The number of hydrogen-bond donors (Lipinski definition) is 1. The number of nitrogens with one attached hydrogen (secondary N) is 1. The summed E-state index contributed by atoms with van der Waals surface area (Å²) in [6, 6.07) is 4.29. The summed E-state index contributed by atoms with van der Waals surface area (Å²) in [5.41, 5.74) is 0. The average Bonchev–Trinajstić information content (AvgIpc) is 2.94. The highest BCUT2D eigenvalue weighted by Crippen LogP contribution is 2.10. The molecule has 0 atom stereocenters. The van der Waals surface area contributed by atoms with Gasteiger partial charge in [0.15, 0.2) is 0 Å². The Kier molecular flexibility index (Phi) is 4.13. The van der Waals surface area contributed by atoms with Gasteiger partial charge in [-0.1, -0.05) is 13.0 Å². The number of aryl methyl sites for hydroxylation is 2. The number of thiophene rings is 1. The van der Waals surface area contributed by atoms with Gasteiger partial charge in [0, 0.05) is 23.8 Å². The molecule has 86 valence electrons. The lowest BCUT2D eigenvalue weighted by atomic mass is 10.3. The van der Waals surface area contributed by atoms with Crippen LogP contribution < -0.4 is 5.32 Å². The fraction of sp³-hybridized carbons (Fsp3) is 0.417. The second kappa shape index (κ2) is 5.82. The molecule has 0 spiro atoms. The maximum Gasteiger partial charge on any atom is 0.122 e. The lowest BCUT2D eigenvalue weighted by molar-refractivity contribution is 0.608. The second-order valence-electron chi connectivity index (χ2n) is 3.65. The Morgan fingerprint density at radius 1 is 1.50 bits per heavy atom. The highest BCUT2D eigenvalue weighted by Gasteiger charge is 2.02. The molecule has 0 aliphatic rings. The van der Waals surface area contributed by atoms with Gasteiger partial charge in [0.05, 0.1) is 6.54 Å². The first-order chi connectivity index (χ1) is 7.90. The highest BCUT2D eigenvalue weighted by molar-refractivity contribution is 7.09. The van der Waals surface area contributed by atoms with E-state index in [1.807, 2.05) is 17.5 Å². The number of imidazole rings is 1. The van der Waals surface area contributed by atoms with Crippen molar-refractivity contribution in [1.29, 1.82) is 0 Å². The van der Waals surface area contributed by atoms with Gasteiger partial charge in [0.1, 0.15) is 5.82 Å². The molecule has 0 fully saturated rings. The van der Waals surface area contributed by atoms with Gasteiger partial charge in [0.25, 0.3) is 0 Å². The van der Waals surface area contributed by atoms with Crippen LogP contribution >= 0.6 is 11.3 Å². The van der Waals surface area contributed by atoms with Crippen molar-refractivity contribution in [2.75, 3.05) is 6.54 Å². The van der Waals surface area contributed by atoms with Gasteiger partial charge in [-0.05, 0) is 24.4 Å². The first-order valence-corrected chi connectivity index (χ1v) is 6.51. The Balaban J connectivity index is 1.91. The van der Waals surface area contributed by atoms with Crippen LogP contribution in [-0.2, 0) is 19.5 Å². The first-order valence-electron chi connectivity index (χ1n) is 5.63. The summed E-state index contributed by atoms with van der Waals surface area (Å²) in [5, 5.41) is 5.43. The van der Waals surface area contributed by atoms with Crippen LogP contribution in [0.15, 0.2) is 29.9 Å². The highest BCUT2D eigenvalue weighted by atomic mass is 32.1. The number of nitrogens with zero attached hydrogens (tertiary/aromatic N) is 2. The SMILES string of the molecule is CCNCc1nccn1CCc1cccs1. The summed E-state index contributed by atoms with van der Waals surface area (Å²) >= 11 is 1.82. The minimum absolute atomic E-state index is 0.855. The van der Waals surface area contributed by atoms with Crippen molar-refractivity contribution in [3.05, 3.63) is 40.6 Å². The molecule has 2 rings (SSSR count). The van der Waals surface area contributed by atoms with Gasteiger partial charge in [-0.25, -0.2) is 4.98 Å². The van der Waals surface area contributed by atoms with Crippen LogP contribution in [0.2, 0.25) is 0 Å². The lowest BCUT2D eigenvalue weighted by Crippen LogP contribution is -2.16. The Bertz CT molecular complexity index is 406. The predicted molar refractivity (Wildman–Crippen MR) is 67.6 cm³/mol. The lowest BCUT2D eigenvalue weighted by Gasteiger charge is -2.07. The molecule has 0 amide bonds. The van der Waals surface area contributed by atoms with Crippen LogP contribution in [0.5, 0.6) is 0 Å². The predicted octanol–water partition coefficient (Wildman–Crippen LogP) is 2.30. The van der Waals surface area contributed by atoms with E-state index in [2.05, 4.69) is 45.5 Å². The molecule has 0 saturated heterocycles. The van der Waals surface area contributed by atoms with Crippen molar-refractivity contribution in [1.82, 2.24) is 14.9 Å². The molecule has 0 aliphatic carbocycles. The molecule has 0 bridgehead atoms. The maximum atomic E-state index is 4.36. The quantitative estimate of drug-likeness (QED) is 0.832. The average molecular weight is 235 g/mol. The van der Waals surface area contributed by atoms with Gasteiger partial charge in [-0.2, -0.15) is 0 Å². The maximum absolute atomic E-state index is 4.36. The fourth-order valence-corrected chi connectivity index (χ4v) is 2.33. The van der Waals surface area contributed by atoms with Crippen molar-refractivity contribution in [2.45, 2.75) is 26.4 Å². The minimum Gasteiger partial charge on any atom is -0.334 e. The molecule has 3 nitrogen and oxygen atoms in total. The van der Waals surface area contributed by atoms with Crippen LogP contribution in [0.4, 0.5) is 0 Å². The fourth-order valence-electron chi connectivity index (χ4n) is 1.63. The monoisotopic (exact) mass is 235 g/mol. The number of rotatable bonds is 6. The summed E-state index contributed by atoms with van der Waals surface area (Å²) in [7, 11) is 0. The van der Waals surface area contributed by atoms with Crippen molar-refractivity contribution >= 4 is 11.3 Å². The minimum atomic E-state index is 0.855. The number of aromatic nitrogens is 2. The van der Waals surface area contributed by atoms with Gasteiger partial charge in [0.2, 0.25) is 0 Å². The topological polar surface area (TPSA) is 29.9 Å². The third-order valence-electron chi connectivity index (χ3n) is 2.51. The Morgan fingerprint density at radius 3 is 3.19 bits per heavy atom. The van der Waals surface area contributed by atoms with E-state index in [0.29, 0.717) is 0 Å². The Labute approximate surface area is 100 Å². The van der Waals surface area contributed by atoms with Gasteiger partial charge >= 0.3 is 0 Å². The van der Waals surface area contributed by atoms with Crippen LogP contribution in [0, 0.1) is 0 Å². The van der Waals surface area contributed by atoms with Crippen LogP contribution in [0.25, 0.3) is 0 Å². The van der Waals surface area contributed by atoms with E-state index >= 15 is 0 Å². The van der Waals surface area contributed by atoms with Crippen LogP contribution in [0.1, 0.15) is 17.6 Å². The Hall–Kier alpha value is -1.13. The zero-order valence-electron chi connectivity index (χ0n) is 9.52. The molecule has 16 heavy (non-hydrogen) atoms. The van der Waals surface area contributed by atoms with E-state index in [4.69, 9.17) is 0 Å². The molecule has 0 saturated carbocycles. The van der Waals surface area contributed by atoms with Gasteiger partial charge in [-0.3, -0.25) is 0 Å². The van der Waals surface area contributed by atoms with Crippen molar-refractivity contribution in [3.8, 4) is 0 Å². The van der Waals surface area contributed by atoms with Crippen molar-refractivity contribution in [2.24, 2.45) is 0 Å². The zero-order chi connectivity index (χ0) is 11.2. The largest absolute Gasteiger partial charge is 0.334 e. The summed E-state index contributed by atoms with van der Waals surface area (Å²) in [6.07, 6.45) is 5.02. The van der Waals surface area contributed by atoms with Crippen LogP contribution in [0.3, 0.4) is 0 Å². The standard InChI is InChI=1S/C12H17N3S/c1-2-13-10-12-14-6-8-15(12)7-5-11-4-3-9-16-11/h3-4,6,8-9,13H,2,5,7,10H2,1H3. The molecule has 1 N–H and O–H groups in total. The third-order valence-corrected chi connectivity index (χ3v) is 3.45. The van der Waals surface area contributed by atoms with Crippen molar-refractivity contribution in [3.63, 3.8) is 0 Å². The normalized spacial score (nSPS) is 10.8. The molecule has 0 radical (unpaired) electrons. The van der Waals surface area contributed by atoms with Gasteiger partial charge in [-0.15, -0.1) is 11.3 Å². The molecule has 4 heteroatoms. The molecular formula is C12H17N3S. The molecule has 2 heterocycles. The summed E-state index contributed by atoms with van der Waals surface area (Å²) in [4.78, 5) is 5.79. The zero-order valence-corrected chi connectivity index (χ0v) is 10.3. The van der Waals surface area contributed by atoms with E-state index in [-0.39, 0.29) is 0 Å². The van der Waals surface area contributed by atoms with E-state index in [9.17, 15) is 0 Å². The van der Waals surface area contributed by atoms with Crippen LogP contribution in [-0.4, -0.2) is 16.1 Å².